The number of barbiturate groups is 1. The fraction of sp³-hybridized carbons (Fsp3) is 0.172. The van der Waals surface area contributed by atoms with Gasteiger partial charge in [0.05, 0.1) is 24.4 Å². The predicted octanol–water partition coefficient (Wildman–Crippen LogP) is 5.39. The Morgan fingerprint density at radius 3 is 2.39 bits per heavy atom. The molecule has 0 aromatic heterocycles. The zero-order valence-electron chi connectivity index (χ0n) is 22.2. The van der Waals surface area contributed by atoms with Crippen molar-refractivity contribution in [3.63, 3.8) is 0 Å². The van der Waals surface area contributed by atoms with Crippen LogP contribution in [0.4, 0.5) is 16.2 Å². The highest BCUT2D eigenvalue weighted by Crippen LogP contribution is 2.38. The first-order valence-corrected chi connectivity index (χ1v) is 13.1. The van der Waals surface area contributed by atoms with Crippen LogP contribution in [0.2, 0.25) is 10.0 Å². The van der Waals surface area contributed by atoms with Crippen molar-refractivity contribution in [2.45, 2.75) is 13.8 Å². The standard InChI is InChI=1S/C29H25Cl2N3O7/c1-4-40-24-13-17(12-23(31)26(24)41-15-25(35)32-18-6-5-16(2)22(30)14-18)11-21-27(36)33-29(38)34(28(21)37)19-7-9-20(39-3)10-8-19/h5-14H,4,15H2,1-3H3,(H,32,35)(H,33,36,38)/b21-11+. The average molecular weight is 598 g/mol. The van der Waals surface area contributed by atoms with Crippen molar-refractivity contribution in [1.82, 2.24) is 5.32 Å². The van der Waals surface area contributed by atoms with Crippen molar-refractivity contribution in [3.05, 3.63) is 81.3 Å². The van der Waals surface area contributed by atoms with Crippen molar-refractivity contribution in [1.29, 1.82) is 0 Å². The maximum absolute atomic E-state index is 13.2. The van der Waals surface area contributed by atoms with Gasteiger partial charge >= 0.3 is 6.03 Å². The second-order valence-corrected chi connectivity index (χ2v) is 9.53. The van der Waals surface area contributed by atoms with Crippen molar-refractivity contribution >= 4 is 64.4 Å². The topological polar surface area (TPSA) is 123 Å². The van der Waals surface area contributed by atoms with Crippen LogP contribution >= 0.6 is 23.2 Å². The van der Waals surface area contributed by atoms with E-state index in [0.29, 0.717) is 22.0 Å². The average Bonchev–Trinajstić information content (AvgIpc) is 2.93. The molecule has 0 aliphatic carbocycles. The van der Waals surface area contributed by atoms with Gasteiger partial charge in [-0.05, 0) is 79.6 Å². The number of ether oxygens (including phenoxy) is 3. The summed E-state index contributed by atoms with van der Waals surface area (Å²) in [7, 11) is 1.49. The number of amides is 5. The van der Waals surface area contributed by atoms with Crippen molar-refractivity contribution in [2.75, 3.05) is 30.5 Å². The Kier molecular flexibility index (Phi) is 9.16. The van der Waals surface area contributed by atoms with E-state index < -0.39 is 23.8 Å². The quantitative estimate of drug-likeness (QED) is 0.250. The molecule has 1 fully saturated rings. The number of anilines is 2. The number of hydrogen-bond acceptors (Lipinski definition) is 7. The maximum Gasteiger partial charge on any atom is 0.335 e. The number of urea groups is 1. The van der Waals surface area contributed by atoms with E-state index in [-0.39, 0.29) is 41.0 Å². The van der Waals surface area contributed by atoms with Gasteiger partial charge in [-0.25, -0.2) is 9.69 Å². The van der Waals surface area contributed by atoms with Crippen molar-refractivity contribution in [3.8, 4) is 17.2 Å². The zero-order chi connectivity index (χ0) is 29.7. The van der Waals surface area contributed by atoms with E-state index >= 15 is 0 Å². The molecule has 1 saturated heterocycles. The Bertz CT molecular complexity index is 1550. The minimum atomic E-state index is -0.884. The van der Waals surface area contributed by atoms with Crippen molar-refractivity contribution < 1.29 is 33.4 Å². The van der Waals surface area contributed by atoms with Gasteiger partial charge in [0.2, 0.25) is 0 Å². The number of carbonyl (C=O) groups excluding carboxylic acids is 4. The number of carbonyl (C=O) groups is 4. The van der Waals surface area contributed by atoms with Crippen LogP contribution in [0.3, 0.4) is 0 Å². The first-order chi connectivity index (χ1) is 19.6. The molecule has 3 aromatic carbocycles. The molecule has 41 heavy (non-hydrogen) atoms. The summed E-state index contributed by atoms with van der Waals surface area (Å²) in [5.74, 6) is -1.34. The van der Waals surface area contributed by atoms with Gasteiger partial charge in [-0.1, -0.05) is 29.3 Å². The third kappa shape index (κ3) is 6.79. The molecule has 5 amide bonds. The molecule has 0 spiro atoms. The van der Waals surface area contributed by atoms with Gasteiger partial charge in [0.1, 0.15) is 11.3 Å². The van der Waals surface area contributed by atoms with Gasteiger partial charge < -0.3 is 19.5 Å². The lowest BCUT2D eigenvalue weighted by atomic mass is 10.1. The number of methoxy groups -OCH3 is 1. The highest BCUT2D eigenvalue weighted by molar-refractivity contribution is 6.39. The maximum atomic E-state index is 13.2. The Labute approximate surface area is 245 Å². The molecule has 0 unspecified atom stereocenters. The fourth-order valence-corrected chi connectivity index (χ4v) is 4.32. The van der Waals surface area contributed by atoms with Crippen LogP contribution in [0.1, 0.15) is 18.1 Å². The Balaban J connectivity index is 1.56. The largest absolute Gasteiger partial charge is 0.497 e. The monoisotopic (exact) mass is 597 g/mol. The molecular formula is C29H25Cl2N3O7. The van der Waals surface area contributed by atoms with E-state index in [2.05, 4.69) is 10.6 Å². The summed E-state index contributed by atoms with van der Waals surface area (Å²) in [4.78, 5) is 51.7. The number of halogens is 2. The molecule has 1 aliphatic rings. The molecule has 3 aromatic rings. The second kappa shape index (κ2) is 12.8. The third-order valence-corrected chi connectivity index (χ3v) is 6.57. The van der Waals surface area contributed by atoms with E-state index in [4.69, 9.17) is 37.4 Å². The SMILES string of the molecule is CCOc1cc(/C=C2\C(=O)NC(=O)N(c3ccc(OC)cc3)C2=O)cc(Cl)c1OCC(=O)Nc1ccc(C)c(Cl)c1. The van der Waals surface area contributed by atoms with E-state index in [1.54, 1.807) is 37.3 Å². The summed E-state index contributed by atoms with van der Waals surface area (Å²) < 4.78 is 16.4. The van der Waals surface area contributed by atoms with Crippen LogP contribution in [-0.2, 0) is 14.4 Å². The van der Waals surface area contributed by atoms with Gasteiger partial charge in [0.25, 0.3) is 17.7 Å². The summed E-state index contributed by atoms with van der Waals surface area (Å²) in [5.41, 5.74) is 1.65. The third-order valence-electron chi connectivity index (χ3n) is 5.88. The summed E-state index contributed by atoms with van der Waals surface area (Å²) in [5, 5.41) is 5.44. The molecule has 1 aliphatic heterocycles. The number of nitrogens with zero attached hydrogens (tertiary/aromatic N) is 1. The number of rotatable bonds is 9. The molecule has 2 N–H and O–H groups in total. The molecule has 0 radical (unpaired) electrons. The van der Waals surface area contributed by atoms with Gasteiger partial charge in [-0.15, -0.1) is 0 Å². The van der Waals surface area contributed by atoms with Crippen LogP contribution in [0.5, 0.6) is 17.2 Å². The lowest BCUT2D eigenvalue weighted by Gasteiger charge is -2.26. The van der Waals surface area contributed by atoms with Gasteiger partial charge in [-0.3, -0.25) is 19.7 Å². The second-order valence-electron chi connectivity index (χ2n) is 8.72. The molecule has 12 heteroatoms. The minimum Gasteiger partial charge on any atom is -0.497 e. The highest BCUT2D eigenvalue weighted by atomic mass is 35.5. The van der Waals surface area contributed by atoms with Gasteiger partial charge in [0, 0.05) is 10.7 Å². The molecule has 0 saturated carbocycles. The lowest BCUT2D eigenvalue weighted by molar-refractivity contribution is -0.122. The zero-order valence-corrected chi connectivity index (χ0v) is 23.8. The van der Waals surface area contributed by atoms with E-state index in [0.717, 1.165) is 10.5 Å². The van der Waals surface area contributed by atoms with Crippen LogP contribution in [-0.4, -0.2) is 44.1 Å². The van der Waals surface area contributed by atoms with Crippen LogP contribution < -0.4 is 29.7 Å². The molecule has 0 atom stereocenters. The van der Waals surface area contributed by atoms with Crippen LogP contribution in [0.25, 0.3) is 6.08 Å². The molecule has 0 bridgehead atoms. The van der Waals surface area contributed by atoms with Gasteiger partial charge in [0.15, 0.2) is 18.1 Å². The molecular weight excluding hydrogens is 573 g/mol. The number of nitrogens with one attached hydrogen (secondary N) is 2. The van der Waals surface area contributed by atoms with Crippen LogP contribution in [0, 0.1) is 6.92 Å². The number of benzene rings is 3. The summed E-state index contributed by atoms with van der Waals surface area (Å²) >= 11 is 12.6. The van der Waals surface area contributed by atoms with Gasteiger partial charge in [-0.2, -0.15) is 0 Å². The smallest absolute Gasteiger partial charge is 0.335 e. The lowest BCUT2D eigenvalue weighted by Crippen LogP contribution is -2.54. The highest BCUT2D eigenvalue weighted by Gasteiger charge is 2.37. The number of aryl methyl sites for hydroxylation is 1. The molecule has 212 valence electrons. The number of hydrogen-bond donors (Lipinski definition) is 2. The van der Waals surface area contributed by atoms with E-state index in [1.165, 1.54) is 37.5 Å². The molecule has 4 rings (SSSR count). The van der Waals surface area contributed by atoms with E-state index in [9.17, 15) is 19.2 Å². The fourth-order valence-electron chi connectivity index (χ4n) is 3.87. The first-order valence-electron chi connectivity index (χ1n) is 12.3. The Morgan fingerprint density at radius 1 is 1.00 bits per heavy atom. The Morgan fingerprint density at radius 2 is 1.73 bits per heavy atom. The molecule has 1 heterocycles. The van der Waals surface area contributed by atoms with Crippen molar-refractivity contribution in [2.24, 2.45) is 0 Å². The van der Waals surface area contributed by atoms with E-state index in [1.807, 2.05) is 6.92 Å². The summed E-state index contributed by atoms with van der Waals surface area (Å²) in [6.07, 6.45) is 1.28. The summed E-state index contributed by atoms with van der Waals surface area (Å²) in [6.45, 7) is 3.44. The first kappa shape index (κ1) is 29.4. The van der Waals surface area contributed by atoms with Crippen LogP contribution in [0.15, 0.2) is 60.2 Å². The normalized spacial score (nSPS) is 14.1. The minimum absolute atomic E-state index is 0.0701. The number of imide groups is 2. The summed E-state index contributed by atoms with van der Waals surface area (Å²) in [6, 6.07) is 13.4. The predicted molar refractivity (Wildman–Crippen MR) is 155 cm³/mol. The molecule has 10 nitrogen and oxygen atoms in total. The Hall–Kier alpha value is -4.54.